The number of phenols is 1. The van der Waals surface area contributed by atoms with Crippen molar-refractivity contribution in [3.63, 3.8) is 0 Å². The van der Waals surface area contributed by atoms with Crippen molar-refractivity contribution in [2.45, 2.75) is 82.8 Å². The molecule has 0 spiro atoms. The fraction of sp³-hybridized carbons (Fsp3) is 0.486. The molecule has 2 bridgehead atoms. The molecule has 3 unspecified atom stereocenters. The smallest absolute Gasteiger partial charge is 0.221 e. The number of hydrogen-bond donors (Lipinski definition) is 2. The number of amides is 1. The lowest BCUT2D eigenvalue weighted by Crippen LogP contribution is -2.61. The van der Waals surface area contributed by atoms with Crippen LogP contribution >= 0.6 is 0 Å². The van der Waals surface area contributed by atoms with E-state index in [1.807, 2.05) is 12.1 Å². The molecule has 1 saturated carbocycles. The van der Waals surface area contributed by atoms with Gasteiger partial charge in [-0.15, -0.1) is 0 Å². The molecular formula is C37H47N3O2. The Balaban J connectivity index is 1.12. The molecule has 222 valence electrons. The maximum Gasteiger partial charge on any atom is 0.221 e. The molecule has 3 aliphatic rings. The van der Waals surface area contributed by atoms with Crippen LogP contribution in [-0.4, -0.2) is 59.1 Å². The van der Waals surface area contributed by atoms with Crippen molar-refractivity contribution in [2.75, 3.05) is 26.2 Å². The first-order valence-electron chi connectivity index (χ1n) is 16.1. The Morgan fingerprint density at radius 3 is 2.64 bits per heavy atom. The van der Waals surface area contributed by atoms with Gasteiger partial charge in [0.15, 0.2) is 0 Å². The third-order valence-electron chi connectivity index (χ3n) is 10.5. The third kappa shape index (κ3) is 6.28. The summed E-state index contributed by atoms with van der Waals surface area (Å²) in [6.07, 6.45) is 6.87. The van der Waals surface area contributed by atoms with Crippen molar-refractivity contribution < 1.29 is 9.90 Å². The summed E-state index contributed by atoms with van der Waals surface area (Å²) in [5.41, 5.74) is 6.85. The SMILES string of the molecule is Cc1ccccc1CCCN1CC(C)C2(c3cccc(O)c3)CC1C[C@H](NC(=O)CCN1CCc3ccccc3C1)C2. The Morgan fingerprint density at radius 1 is 1.00 bits per heavy atom. The second-order valence-electron chi connectivity index (χ2n) is 13.2. The molecule has 5 nitrogen and oxygen atoms in total. The Hall–Kier alpha value is -3.15. The zero-order valence-corrected chi connectivity index (χ0v) is 25.4. The van der Waals surface area contributed by atoms with Gasteiger partial charge >= 0.3 is 0 Å². The van der Waals surface area contributed by atoms with Gasteiger partial charge in [0.05, 0.1) is 0 Å². The predicted octanol–water partition coefficient (Wildman–Crippen LogP) is 6.01. The lowest BCUT2D eigenvalue weighted by molar-refractivity contribution is -0.123. The Kier molecular flexibility index (Phi) is 8.69. The van der Waals surface area contributed by atoms with Crippen LogP contribution in [0.2, 0.25) is 0 Å². The van der Waals surface area contributed by atoms with Crippen LogP contribution in [0.15, 0.2) is 72.8 Å². The number of benzene rings is 3. The number of piperidine rings is 1. The van der Waals surface area contributed by atoms with Crippen LogP contribution in [-0.2, 0) is 29.6 Å². The highest BCUT2D eigenvalue weighted by Gasteiger charge is 2.51. The minimum Gasteiger partial charge on any atom is -0.508 e. The van der Waals surface area contributed by atoms with Gasteiger partial charge < -0.3 is 10.4 Å². The van der Waals surface area contributed by atoms with Crippen LogP contribution in [0.4, 0.5) is 0 Å². The van der Waals surface area contributed by atoms with Gasteiger partial charge in [0.2, 0.25) is 5.91 Å². The van der Waals surface area contributed by atoms with Gasteiger partial charge in [-0.2, -0.15) is 0 Å². The van der Waals surface area contributed by atoms with E-state index in [1.54, 1.807) is 6.07 Å². The van der Waals surface area contributed by atoms with Crippen molar-refractivity contribution in [1.82, 2.24) is 15.1 Å². The van der Waals surface area contributed by atoms with Crippen molar-refractivity contribution in [2.24, 2.45) is 5.92 Å². The number of likely N-dealkylation sites (tertiary alicyclic amines) is 1. The molecular weight excluding hydrogens is 518 g/mol. The number of aromatic hydroxyl groups is 1. The maximum absolute atomic E-state index is 13.3. The van der Waals surface area contributed by atoms with E-state index in [9.17, 15) is 9.90 Å². The van der Waals surface area contributed by atoms with E-state index < -0.39 is 0 Å². The molecule has 1 amide bonds. The molecule has 42 heavy (non-hydrogen) atoms. The van der Waals surface area contributed by atoms with E-state index in [-0.39, 0.29) is 17.4 Å². The van der Waals surface area contributed by atoms with Gasteiger partial charge in [-0.1, -0.05) is 67.6 Å². The average Bonchev–Trinajstić information content (AvgIpc) is 2.99. The van der Waals surface area contributed by atoms with Crippen LogP contribution in [0.25, 0.3) is 0 Å². The summed E-state index contributed by atoms with van der Waals surface area (Å²) in [7, 11) is 0. The monoisotopic (exact) mass is 565 g/mol. The van der Waals surface area contributed by atoms with Crippen molar-refractivity contribution >= 4 is 5.91 Å². The molecule has 0 aromatic heterocycles. The van der Waals surface area contributed by atoms with E-state index in [1.165, 1.54) is 27.8 Å². The number of hydrogen-bond acceptors (Lipinski definition) is 4. The standard InChI is InChI=1S/C37H47N3O2/c1-27-9-3-4-10-29(27)13-8-18-40-25-28(2)37(32-14-7-15-35(41)21-32)23-33(22-34(40)24-37)38-36(42)17-20-39-19-16-30-11-5-6-12-31(30)26-39/h3-7,9-12,14-15,21,28,33-34,41H,8,13,16-20,22-26H2,1-2H3,(H,38,42)/t28?,33-,34?,37?/m0/s1. The van der Waals surface area contributed by atoms with E-state index in [4.69, 9.17) is 0 Å². The van der Waals surface area contributed by atoms with Crippen LogP contribution in [0, 0.1) is 12.8 Å². The molecule has 2 fully saturated rings. The number of aryl methyl sites for hydroxylation is 2. The normalized spacial score (nSPS) is 26.0. The fourth-order valence-corrected chi connectivity index (χ4v) is 8.18. The topological polar surface area (TPSA) is 55.8 Å². The predicted molar refractivity (Wildman–Crippen MR) is 170 cm³/mol. The Labute approximate surface area is 251 Å². The second-order valence-corrected chi connectivity index (χ2v) is 13.2. The summed E-state index contributed by atoms with van der Waals surface area (Å²) in [6, 6.07) is 25.9. The Morgan fingerprint density at radius 2 is 1.81 bits per heavy atom. The summed E-state index contributed by atoms with van der Waals surface area (Å²) in [4.78, 5) is 18.5. The zero-order chi connectivity index (χ0) is 29.1. The number of carbonyl (C=O) groups excluding carboxylic acids is 1. The quantitative estimate of drug-likeness (QED) is 0.334. The highest BCUT2D eigenvalue weighted by molar-refractivity contribution is 5.76. The highest BCUT2D eigenvalue weighted by Crippen LogP contribution is 2.50. The number of nitrogens with one attached hydrogen (secondary N) is 1. The molecule has 2 heterocycles. The molecule has 2 N–H and O–H groups in total. The molecule has 3 aromatic carbocycles. The maximum atomic E-state index is 13.3. The van der Waals surface area contributed by atoms with Gasteiger partial charge in [0.1, 0.15) is 5.75 Å². The van der Waals surface area contributed by atoms with Crippen LogP contribution < -0.4 is 5.32 Å². The van der Waals surface area contributed by atoms with E-state index in [2.05, 4.69) is 83.6 Å². The molecule has 3 aromatic rings. The zero-order valence-electron chi connectivity index (χ0n) is 25.4. The molecule has 1 aliphatic carbocycles. The summed E-state index contributed by atoms with van der Waals surface area (Å²) in [5, 5.41) is 13.9. The summed E-state index contributed by atoms with van der Waals surface area (Å²) < 4.78 is 0. The van der Waals surface area contributed by atoms with Gasteiger partial charge in [-0.3, -0.25) is 14.6 Å². The van der Waals surface area contributed by atoms with Crippen LogP contribution in [0.1, 0.15) is 66.8 Å². The Bertz CT molecular complexity index is 1390. The number of phenolic OH excluding ortho intramolecular Hbond substituents is 1. The fourth-order valence-electron chi connectivity index (χ4n) is 8.18. The van der Waals surface area contributed by atoms with Crippen molar-refractivity contribution in [3.8, 4) is 5.75 Å². The van der Waals surface area contributed by atoms with E-state index in [0.717, 1.165) is 71.2 Å². The number of carbonyl (C=O) groups is 1. The van der Waals surface area contributed by atoms with Gasteiger partial charge in [-0.25, -0.2) is 0 Å². The molecule has 6 rings (SSSR count). The first kappa shape index (κ1) is 28.9. The van der Waals surface area contributed by atoms with Crippen LogP contribution in [0.3, 0.4) is 0 Å². The average molecular weight is 566 g/mol. The van der Waals surface area contributed by atoms with Crippen LogP contribution in [0.5, 0.6) is 5.75 Å². The number of rotatable bonds is 9. The lowest BCUT2D eigenvalue weighted by Gasteiger charge is -2.56. The molecule has 0 radical (unpaired) electrons. The van der Waals surface area contributed by atoms with Crippen molar-refractivity contribution in [1.29, 1.82) is 0 Å². The number of nitrogens with zero attached hydrogens (tertiary/aromatic N) is 2. The van der Waals surface area contributed by atoms with E-state index >= 15 is 0 Å². The highest BCUT2D eigenvalue weighted by atomic mass is 16.3. The lowest BCUT2D eigenvalue weighted by atomic mass is 9.57. The first-order valence-corrected chi connectivity index (χ1v) is 16.1. The minimum atomic E-state index is -0.0390. The summed E-state index contributed by atoms with van der Waals surface area (Å²) >= 11 is 0. The summed E-state index contributed by atoms with van der Waals surface area (Å²) in [5.74, 6) is 0.936. The van der Waals surface area contributed by atoms with Gasteiger partial charge in [0.25, 0.3) is 0 Å². The summed E-state index contributed by atoms with van der Waals surface area (Å²) in [6.45, 7) is 9.49. The molecule has 4 atom stereocenters. The molecule has 5 heteroatoms. The second kappa shape index (κ2) is 12.6. The first-order chi connectivity index (χ1) is 20.4. The van der Waals surface area contributed by atoms with Gasteiger partial charge in [-0.05, 0) is 97.9 Å². The molecule has 2 aliphatic heterocycles. The van der Waals surface area contributed by atoms with Gasteiger partial charge in [0, 0.05) is 50.1 Å². The number of fused-ring (bicyclic) bond motifs is 3. The third-order valence-corrected chi connectivity index (χ3v) is 10.5. The largest absolute Gasteiger partial charge is 0.508 e. The van der Waals surface area contributed by atoms with Crippen molar-refractivity contribution in [3.05, 3.63) is 101 Å². The van der Waals surface area contributed by atoms with E-state index in [0.29, 0.717) is 24.1 Å². The molecule has 1 saturated heterocycles. The minimum absolute atomic E-state index is 0.0390.